The van der Waals surface area contributed by atoms with Gasteiger partial charge in [-0.2, -0.15) is 0 Å². The van der Waals surface area contributed by atoms with Crippen LogP contribution in [0.5, 0.6) is 0 Å². The fraction of sp³-hybridized carbons (Fsp3) is 0.456. The molecular formula is C68H94N10O11. The second-order valence-corrected chi connectivity index (χ2v) is 24.6. The summed E-state index contributed by atoms with van der Waals surface area (Å²) in [6.45, 7) is 24.5. The number of aliphatic carboxylic acids is 1. The van der Waals surface area contributed by atoms with Crippen LogP contribution in [0, 0.1) is 17.3 Å². The van der Waals surface area contributed by atoms with Crippen molar-refractivity contribution in [1.82, 2.24) is 36.8 Å². The molecule has 10 N–H and O–H groups in total. The molecular weight excluding hydrogens is 1130 g/mol. The number of benzene rings is 4. The number of likely N-dealkylation sites (N-methyl/N-ethyl adjacent to an activating group) is 2. The van der Waals surface area contributed by atoms with E-state index < -0.39 is 88.7 Å². The molecule has 0 aliphatic heterocycles. The van der Waals surface area contributed by atoms with Crippen molar-refractivity contribution in [2.45, 2.75) is 164 Å². The Morgan fingerprint density at radius 2 is 1.39 bits per heavy atom. The largest absolute Gasteiger partial charge is 0.478 e. The zero-order chi connectivity index (χ0) is 66.3. The van der Waals surface area contributed by atoms with Gasteiger partial charge in [0.05, 0.1) is 24.3 Å². The number of anilines is 2. The zero-order valence-corrected chi connectivity index (χ0v) is 54.0. The quantitative estimate of drug-likeness (QED) is 0.0165. The van der Waals surface area contributed by atoms with E-state index in [0.29, 0.717) is 16.9 Å². The fourth-order valence-corrected chi connectivity index (χ4v) is 10.3. The molecule has 0 fully saturated rings. The number of carbonyl (C=O) groups is 9. The van der Waals surface area contributed by atoms with Crippen LogP contribution >= 0.6 is 0 Å². The highest BCUT2D eigenvalue weighted by molar-refractivity contribution is 6.00. The number of hydrogen-bond acceptors (Lipinski definition) is 11. The number of hydrogen-bond donors (Lipinski definition) is 9. The summed E-state index contributed by atoms with van der Waals surface area (Å²) in [6.07, 6.45) is 3.27. The summed E-state index contributed by atoms with van der Waals surface area (Å²) >= 11 is 0. The highest BCUT2D eigenvalue weighted by Gasteiger charge is 2.42. The maximum absolute atomic E-state index is 14.2. The normalized spacial score (nSPS) is 13.4. The number of urea groups is 1. The van der Waals surface area contributed by atoms with Crippen LogP contribution in [0.2, 0.25) is 0 Å². The molecule has 0 aliphatic rings. The highest BCUT2D eigenvalue weighted by Crippen LogP contribution is 2.31. The standard InChI is InChI=1S/C68H94N10O11/c1-15-47-24-17-18-26-49(47)40-78(53-29-20-19-25-48(53)16-2)56(80)35-34-55(79)75-57(43(5)6)61(82)74-52(28-22-36-71-65(69)87)60(81)73-51-32-30-45(31-33-51)41-89-66(88)72-39-46-23-21-27-50(38-46)68(11,12)58(70-13)62(83)76-59(67(8,9)10)63(84)77(14)54(42(3)4)37-44(7)64(85)86/h16-21,23-27,29-33,37-38,42-43,52,54,57-59,70H,2,15,22,28,34-36,39-41H2,1,3-14H3,(H,72,88)(H,73,81)(H,74,82)(H,75,79)(H,76,83)(H,85,86)(H3,69,71,87)/b44-37+/t52-,54+,57-,58+,59+/m0/s1. The van der Waals surface area contributed by atoms with E-state index in [0.717, 1.165) is 34.2 Å². The number of nitrogens with two attached hydrogens (primary N) is 1. The van der Waals surface area contributed by atoms with Gasteiger partial charge in [0.15, 0.2) is 0 Å². The monoisotopic (exact) mass is 1230 g/mol. The van der Waals surface area contributed by atoms with Crippen molar-refractivity contribution in [3.8, 4) is 0 Å². The van der Waals surface area contributed by atoms with E-state index in [1.165, 1.54) is 11.8 Å². The number of nitrogens with one attached hydrogen (secondary N) is 7. The Morgan fingerprint density at radius 3 is 1.99 bits per heavy atom. The first-order valence-corrected chi connectivity index (χ1v) is 30.2. The van der Waals surface area contributed by atoms with E-state index in [-0.39, 0.29) is 75.2 Å². The average molecular weight is 1230 g/mol. The molecule has 9 amide bonds. The third-order valence-corrected chi connectivity index (χ3v) is 15.6. The first kappa shape index (κ1) is 72.6. The van der Waals surface area contributed by atoms with Crippen LogP contribution < -0.4 is 47.9 Å². The molecule has 4 rings (SSSR count). The summed E-state index contributed by atoms with van der Waals surface area (Å²) in [7, 11) is 3.27. The summed E-state index contributed by atoms with van der Waals surface area (Å²) in [5.41, 5.74) is 9.75. The van der Waals surface area contributed by atoms with Gasteiger partial charge in [-0.05, 0) is 102 Å². The second-order valence-electron chi connectivity index (χ2n) is 24.6. The first-order valence-electron chi connectivity index (χ1n) is 30.2. The number of amides is 9. The smallest absolute Gasteiger partial charge is 0.407 e. The summed E-state index contributed by atoms with van der Waals surface area (Å²) in [5.74, 6) is -4.44. The lowest BCUT2D eigenvalue weighted by Gasteiger charge is -2.40. The van der Waals surface area contributed by atoms with Gasteiger partial charge < -0.3 is 62.6 Å². The molecule has 482 valence electrons. The van der Waals surface area contributed by atoms with Crippen molar-refractivity contribution < 1.29 is 53.0 Å². The molecule has 89 heavy (non-hydrogen) atoms. The first-order chi connectivity index (χ1) is 41.9. The number of carboxylic acids is 1. The number of para-hydroxylation sites is 1. The van der Waals surface area contributed by atoms with Crippen LogP contribution in [-0.4, -0.2) is 114 Å². The Labute approximate surface area is 524 Å². The van der Waals surface area contributed by atoms with Crippen LogP contribution in [0.3, 0.4) is 0 Å². The van der Waals surface area contributed by atoms with Gasteiger partial charge in [0.1, 0.15) is 24.7 Å². The van der Waals surface area contributed by atoms with Gasteiger partial charge in [-0.25, -0.2) is 14.4 Å². The number of nitrogens with zero attached hydrogens (tertiary/aromatic N) is 2. The van der Waals surface area contributed by atoms with Gasteiger partial charge in [0.2, 0.25) is 35.4 Å². The number of alkyl carbamates (subject to hydrolysis) is 1. The van der Waals surface area contributed by atoms with E-state index in [4.69, 9.17) is 10.5 Å². The van der Waals surface area contributed by atoms with Gasteiger partial charge in [-0.3, -0.25) is 28.8 Å². The van der Waals surface area contributed by atoms with Gasteiger partial charge in [0.25, 0.3) is 0 Å². The van der Waals surface area contributed by atoms with Crippen LogP contribution in [0.25, 0.3) is 6.08 Å². The lowest BCUT2D eigenvalue weighted by atomic mass is 9.76. The molecule has 0 saturated heterocycles. The van der Waals surface area contributed by atoms with Gasteiger partial charge in [0, 0.05) is 49.7 Å². The Morgan fingerprint density at radius 1 is 0.742 bits per heavy atom. The van der Waals surface area contributed by atoms with Gasteiger partial charge in [-0.1, -0.05) is 167 Å². The molecule has 21 nitrogen and oxygen atoms in total. The molecule has 0 radical (unpaired) electrons. The second kappa shape index (κ2) is 34.1. The fourth-order valence-electron chi connectivity index (χ4n) is 10.3. The molecule has 0 saturated carbocycles. The predicted octanol–water partition coefficient (Wildman–Crippen LogP) is 8.26. The van der Waals surface area contributed by atoms with Crippen LogP contribution in [0.15, 0.2) is 115 Å². The number of ether oxygens (including phenoxy) is 1. The number of aryl methyl sites for hydroxylation is 1. The molecule has 4 aromatic rings. The van der Waals surface area contributed by atoms with Crippen LogP contribution in [-0.2, 0) is 69.8 Å². The van der Waals surface area contributed by atoms with Gasteiger partial charge >= 0.3 is 18.1 Å². The van der Waals surface area contributed by atoms with E-state index in [9.17, 15) is 48.3 Å². The molecule has 0 heterocycles. The molecule has 0 bridgehead atoms. The van der Waals surface area contributed by atoms with Crippen molar-refractivity contribution in [3.63, 3.8) is 0 Å². The minimum atomic E-state index is -1.12. The lowest BCUT2D eigenvalue weighted by Crippen LogP contribution is -2.61. The maximum Gasteiger partial charge on any atom is 0.407 e. The van der Waals surface area contributed by atoms with Crippen molar-refractivity contribution >= 4 is 71.0 Å². The Balaban J connectivity index is 1.37. The SMILES string of the molecule is C=Cc1ccccc1N(Cc1ccccc1CC)C(=O)CCC(=O)N[C@H](C(=O)N[C@@H](CCCNC(N)=O)C(=O)Nc1ccc(COC(=O)NCc2cccc(C(C)(C)[C@H](NC)C(=O)N[C@H](C(=O)N(C)[C@H](/C=C(\C)C(=O)O)C(C)C)C(C)(C)C)c2)cc1)C(C)C. The minimum absolute atomic E-state index is 0.0859. The number of carboxylic acid groups (broad SMARTS) is 1. The van der Waals surface area contributed by atoms with E-state index in [1.807, 2.05) is 128 Å². The highest BCUT2D eigenvalue weighted by atomic mass is 16.5. The molecule has 0 spiro atoms. The average Bonchev–Trinajstić information content (AvgIpc) is 1.05. The van der Waals surface area contributed by atoms with Crippen molar-refractivity contribution in [2.75, 3.05) is 30.9 Å². The zero-order valence-electron chi connectivity index (χ0n) is 54.0. The molecule has 4 aromatic carbocycles. The number of primary amides is 1. The molecule has 21 heteroatoms. The van der Waals surface area contributed by atoms with E-state index in [2.05, 4.69) is 43.8 Å². The Hall–Kier alpha value is -8.85. The minimum Gasteiger partial charge on any atom is -0.478 e. The Bertz CT molecular complexity index is 3150. The molecule has 0 aromatic heterocycles. The third kappa shape index (κ3) is 21.8. The van der Waals surface area contributed by atoms with E-state index in [1.54, 1.807) is 69.3 Å². The van der Waals surface area contributed by atoms with E-state index >= 15 is 0 Å². The van der Waals surface area contributed by atoms with Crippen LogP contribution in [0.4, 0.5) is 21.0 Å². The summed E-state index contributed by atoms with van der Waals surface area (Å²) < 4.78 is 5.53. The summed E-state index contributed by atoms with van der Waals surface area (Å²) in [6, 6.07) is 23.9. The van der Waals surface area contributed by atoms with Crippen molar-refractivity contribution in [1.29, 1.82) is 0 Å². The molecule has 5 atom stereocenters. The molecule has 0 unspecified atom stereocenters. The number of rotatable bonds is 32. The lowest BCUT2D eigenvalue weighted by molar-refractivity contribution is -0.141. The maximum atomic E-state index is 14.2. The Kier molecular flexibility index (Phi) is 27.8. The van der Waals surface area contributed by atoms with Crippen LogP contribution in [0.1, 0.15) is 135 Å². The molecule has 0 aliphatic carbocycles. The summed E-state index contributed by atoms with van der Waals surface area (Å²) in [4.78, 5) is 123. The third-order valence-electron chi connectivity index (χ3n) is 15.6. The van der Waals surface area contributed by atoms with Crippen molar-refractivity contribution in [3.05, 3.63) is 149 Å². The predicted molar refractivity (Wildman–Crippen MR) is 347 cm³/mol. The van der Waals surface area contributed by atoms with Crippen molar-refractivity contribution in [2.24, 2.45) is 23.0 Å². The topological polar surface area (TPSA) is 300 Å². The summed E-state index contributed by atoms with van der Waals surface area (Å²) in [5, 5.41) is 29.3. The number of carbonyl (C=O) groups excluding carboxylic acids is 8. The van der Waals surface area contributed by atoms with Gasteiger partial charge in [-0.15, -0.1) is 0 Å².